The molecule has 0 saturated carbocycles. The Morgan fingerprint density at radius 2 is 1.87 bits per heavy atom. The molecule has 1 aliphatic rings. The lowest BCUT2D eigenvalue weighted by Crippen LogP contribution is -2.29. The number of benzene rings is 1. The maximum absolute atomic E-state index is 13.1. The van der Waals surface area contributed by atoms with E-state index in [2.05, 4.69) is 30.6 Å². The van der Waals surface area contributed by atoms with Gasteiger partial charge < -0.3 is 14.6 Å². The van der Waals surface area contributed by atoms with Gasteiger partial charge in [0.1, 0.15) is 16.6 Å². The van der Waals surface area contributed by atoms with E-state index in [9.17, 15) is 9.59 Å². The van der Waals surface area contributed by atoms with Gasteiger partial charge in [-0.3, -0.25) is 20.4 Å². The highest BCUT2D eigenvalue weighted by atomic mass is 32.1. The summed E-state index contributed by atoms with van der Waals surface area (Å²) in [5, 5.41) is 8.94. The fourth-order valence-corrected chi connectivity index (χ4v) is 5.32. The van der Waals surface area contributed by atoms with Crippen LogP contribution in [0, 0.1) is 5.92 Å². The molecule has 3 amide bonds. The Balaban J connectivity index is 1.00. The molecule has 39 heavy (non-hydrogen) atoms. The van der Waals surface area contributed by atoms with Gasteiger partial charge in [0.2, 0.25) is 5.88 Å². The van der Waals surface area contributed by atoms with Crippen LogP contribution in [0.3, 0.4) is 0 Å². The van der Waals surface area contributed by atoms with Crippen molar-refractivity contribution in [1.29, 1.82) is 0 Å². The number of anilines is 2. The van der Waals surface area contributed by atoms with Gasteiger partial charge in [0.25, 0.3) is 5.91 Å². The van der Waals surface area contributed by atoms with Crippen molar-refractivity contribution in [3.8, 4) is 16.5 Å². The topological polar surface area (TPSA) is 125 Å². The van der Waals surface area contributed by atoms with Crippen LogP contribution in [0.25, 0.3) is 21.5 Å². The van der Waals surface area contributed by atoms with E-state index in [1.807, 2.05) is 41.3 Å². The summed E-state index contributed by atoms with van der Waals surface area (Å²) in [6, 6.07) is 16.3. The fraction of sp³-hybridized carbons (Fsp3) is 0.179. The quantitative estimate of drug-likeness (QED) is 0.259. The predicted molar refractivity (Wildman–Crippen MR) is 150 cm³/mol. The summed E-state index contributed by atoms with van der Waals surface area (Å²) in [7, 11) is 0. The number of carbonyl (C=O) groups excluding carboxylic acids is 2. The van der Waals surface area contributed by atoms with Crippen molar-refractivity contribution < 1.29 is 14.3 Å². The monoisotopic (exact) mass is 539 g/mol. The summed E-state index contributed by atoms with van der Waals surface area (Å²) < 4.78 is 5.93. The Hall–Kier alpha value is -4.77. The second-order valence-electron chi connectivity index (χ2n) is 9.18. The van der Waals surface area contributed by atoms with Gasteiger partial charge in [-0.05, 0) is 30.7 Å². The van der Waals surface area contributed by atoms with E-state index in [-0.39, 0.29) is 11.8 Å². The number of urea groups is 1. The van der Waals surface area contributed by atoms with Gasteiger partial charge in [-0.15, -0.1) is 11.3 Å². The second kappa shape index (κ2) is 10.9. The van der Waals surface area contributed by atoms with Crippen molar-refractivity contribution in [2.45, 2.75) is 6.42 Å². The van der Waals surface area contributed by atoms with E-state index in [1.54, 1.807) is 42.2 Å². The third kappa shape index (κ3) is 5.58. The Bertz CT molecular complexity index is 1620. The molecular weight excluding hydrogens is 514 g/mol. The molecule has 0 bridgehead atoms. The first-order valence-corrected chi connectivity index (χ1v) is 13.4. The molecule has 11 heteroatoms. The average Bonchev–Trinajstić information content (AvgIpc) is 3.72. The van der Waals surface area contributed by atoms with Crippen molar-refractivity contribution in [3.05, 3.63) is 84.1 Å². The Morgan fingerprint density at radius 1 is 1.03 bits per heavy atom. The number of aromatic nitrogens is 4. The van der Waals surface area contributed by atoms with Crippen LogP contribution in [-0.2, 0) is 0 Å². The number of likely N-dealkylation sites (tertiary alicyclic amines) is 1. The zero-order chi connectivity index (χ0) is 26.6. The highest BCUT2D eigenvalue weighted by Crippen LogP contribution is 2.26. The standard InChI is InChI=1S/C28H25N7O3S/c36-27(21-14-30-22-5-2-1-4-20(21)22)35-13-10-18(15-35)16-38-25-7-3-6-23(31-25)33-28(37)34-24-17-39-26(32-24)19-8-11-29-12-9-19/h1-9,11-12,14,17-18,30H,10,13,15-16H2,(H2,31,33,34,37). The SMILES string of the molecule is O=C(Nc1cccc(OCC2CCN(C(=O)c3c[nH]c4ccccc34)C2)n1)Nc1csc(-c2ccncc2)n1. The molecule has 1 saturated heterocycles. The predicted octanol–water partition coefficient (Wildman–Crippen LogP) is 5.27. The van der Waals surface area contributed by atoms with Crippen LogP contribution in [0.4, 0.5) is 16.4 Å². The van der Waals surface area contributed by atoms with E-state index in [0.29, 0.717) is 42.8 Å². The number of rotatable bonds is 7. The summed E-state index contributed by atoms with van der Waals surface area (Å²) in [5.41, 5.74) is 2.58. The number of fused-ring (bicyclic) bond motifs is 1. The summed E-state index contributed by atoms with van der Waals surface area (Å²) in [4.78, 5) is 43.5. The molecule has 1 aromatic carbocycles. The molecule has 1 atom stereocenters. The number of carbonyl (C=O) groups is 2. The molecule has 6 rings (SSSR count). The summed E-state index contributed by atoms with van der Waals surface area (Å²) in [5.74, 6) is 1.43. The van der Waals surface area contributed by atoms with Crippen LogP contribution >= 0.6 is 11.3 Å². The molecule has 10 nitrogen and oxygen atoms in total. The van der Waals surface area contributed by atoms with Crippen LogP contribution < -0.4 is 15.4 Å². The second-order valence-corrected chi connectivity index (χ2v) is 10.0. The Labute approximate surface area is 228 Å². The lowest BCUT2D eigenvalue weighted by Gasteiger charge is -2.16. The maximum Gasteiger partial charge on any atom is 0.326 e. The molecule has 0 spiro atoms. The average molecular weight is 540 g/mol. The lowest BCUT2D eigenvalue weighted by molar-refractivity contribution is 0.0785. The van der Waals surface area contributed by atoms with E-state index >= 15 is 0 Å². The number of ether oxygens (including phenoxy) is 1. The van der Waals surface area contributed by atoms with Gasteiger partial charge in [0.05, 0.1) is 12.2 Å². The molecule has 1 unspecified atom stereocenters. The normalized spacial score (nSPS) is 14.9. The molecule has 1 aliphatic heterocycles. The molecule has 196 valence electrons. The number of nitrogens with zero attached hydrogens (tertiary/aromatic N) is 4. The first kappa shape index (κ1) is 24.6. The number of thiazole rings is 1. The molecular formula is C28H25N7O3S. The Kier molecular flexibility index (Phi) is 6.88. The van der Waals surface area contributed by atoms with Crippen LogP contribution in [0.1, 0.15) is 16.8 Å². The minimum Gasteiger partial charge on any atom is -0.477 e. The number of nitrogens with one attached hydrogen (secondary N) is 3. The van der Waals surface area contributed by atoms with Crippen molar-refractivity contribution in [3.63, 3.8) is 0 Å². The zero-order valence-electron chi connectivity index (χ0n) is 20.8. The molecule has 1 fully saturated rings. The molecule has 4 aromatic heterocycles. The lowest BCUT2D eigenvalue weighted by atomic mass is 10.1. The van der Waals surface area contributed by atoms with E-state index in [4.69, 9.17) is 4.74 Å². The number of hydrogen-bond acceptors (Lipinski definition) is 7. The van der Waals surface area contributed by atoms with E-state index in [1.165, 1.54) is 11.3 Å². The maximum atomic E-state index is 13.1. The number of aromatic amines is 1. The fourth-order valence-electron chi connectivity index (χ4n) is 4.56. The van der Waals surface area contributed by atoms with Crippen LogP contribution in [0.15, 0.2) is 78.6 Å². The van der Waals surface area contributed by atoms with Gasteiger partial charge in [0.15, 0.2) is 0 Å². The Morgan fingerprint density at radius 3 is 2.77 bits per heavy atom. The minimum absolute atomic E-state index is 0.0262. The highest BCUT2D eigenvalue weighted by molar-refractivity contribution is 7.13. The first-order chi connectivity index (χ1) is 19.1. The third-order valence-corrected chi connectivity index (χ3v) is 7.39. The van der Waals surface area contributed by atoms with Crippen molar-refractivity contribution >= 4 is 45.8 Å². The number of hydrogen-bond donors (Lipinski definition) is 3. The van der Waals surface area contributed by atoms with Crippen LogP contribution in [-0.4, -0.2) is 56.5 Å². The summed E-state index contributed by atoms with van der Waals surface area (Å²) in [6.45, 7) is 1.73. The summed E-state index contributed by atoms with van der Waals surface area (Å²) >= 11 is 1.43. The van der Waals surface area contributed by atoms with Gasteiger partial charge in [-0.25, -0.2) is 9.78 Å². The smallest absolute Gasteiger partial charge is 0.326 e. The van der Waals surface area contributed by atoms with E-state index < -0.39 is 6.03 Å². The van der Waals surface area contributed by atoms with E-state index in [0.717, 1.165) is 27.9 Å². The zero-order valence-corrected chi connectivity index (χ0v) is 21.6. The van der Waals surface area contributed by atoms with Crippen molar-refractivity contribution in [1.82, 2.24) is 24.8 Å². The number of pyridine rings is 2. The van der Waals surface area contributed by atoms with Gasteiger partial charge in [-0.1, -0.05) is 24.3 Å². The molecule has 0 aliphatic carbocycles. The van der Waals surface area contributed by atoms with Crippen molar-refractivity contribution in [2.24, 2.45) is 5.92 Å². The van der Waals surface area contributed by atoms with Gasteiger partial charge in [0, 0.05) is 65.5 Å². The van der Waals surface area contributed by atoms with Crippen LogP contribution in [0.2, 0.25) is 0 Å². The molecule has 0 radical (unpaired) electrons. The van der Waals surface area contributed by atoms with Crippen LogP contribution in [0.5, 0.6) is 5.88 Å². The number of para-hydroxylation sites is 1. The molecule has 3 N–H and O–H groups in total. The van der Waals surface area contributed by atoms with Gasteiger partial charge in [-0.2, -0.15) is 4.98 Å². The van der Waals surface area contributed by atoms with Gasteiger partial charge >= 0.3 is 6.03 Å². The summed E-state index contributed by atoms with van der Waals surface area (Å²) in [6.07, 6.45) is 6.03. The third-order valence-electron chi connectivity index (χ3n) is 6.50. The number of H-pyrrole nitrogens is 1. The molecule has 5 heterocycles. The first-order valence-electron chi connectivity index (χ1n) is 12.5. The van der Waals surface area contributed by atoms with Crippen molar-refractivity contribution in [2.75, 3.05) is 30.3 Å². The number of amides is 3. The highest BCUT2D eigenvalue weighted by Gasteiger charge is 2.28. The molecule has 5 aromatic rings. The largest absolute Gasteiger partial charge is 0.477 e. The minimum atomic E-state index is -0.451.